The summed E-state index contributed by atoms with van der Waals surface area (Å²) >= 11 is 4.05. The van der Waals surface area contributed by atoms with Gasteiger partial charge in [-0.15, -0.1) is 5.10 Å². The Bertz CT molecular complexity index is 263. The lowest BCUT2D eigenvalue weighted by atomic mass is 11.7. The molecule has 0 spiro atoms. The van der Waals surface area contributed by atoms with E-state index in [0.717, 1.165) is 0 Å². The van der Waals surface area contributed by atoms with Gasteiger partial charge < -0.3 is 0 Å². The minimum Gasteiger partial charge on any atom is -0.145 e. The molecule has 0 aliphatic heterocycles. The second kappa shape index (κ2) is 10.7. The van der Waals surface area contributed by atoms with Gasteiger partial charge in [0.2, 0.25) is 0 Å². The summed E-state index contributed by atoms with van der Waals surface area (Å²) in [5, 5.41) is 32.8. The van der Waals surface area contributed by atoms with Gasteiger partial charge in [0.25, 0.3) is 0 Å². The second-order valence-corrected chi connectivity index (χ2v) is 1.28. The summed E-state index contributed by atoms with van der Waals surface area (Å²) in [7, 11) is 0. The van der Waals surface area contributed by atoms with E-state index in [-0.39, 0.29) is 0 Å². The highest BCUT2D eigenvalue weighted by Gasteiger charge is 1.67. The zero-order chi connectivity index (χ0) is 10.5. The maximum atomic E-state index is 4.05. The van der Waals surface area contributed by atoms with E-state index < -0.39 is 0 Å². The smallest absolute Gasteiger partial charge is 0.0671 e. The van der Waals surface area contributed by atoms with Crippen LogP contribution in [0.15, 0.2) is 61.8 Å². The fourth-order valence-electron chi connectivity index (χ4n) is 0.188. The topological polar surface area (TPSA) is 148 Å². The van der Waals surface area contributed by atoms with Gasteiger partial charge >= 0.3 is 0 Å². The third-order valence-electron chi connectivity index (χ3n) is 0.460. The lowest BCUT2D eigenvalue weighted by Crippen LogP contribution is -1.49. The van der Waals surface area contributed by atoms with Crippen LogP contribution in [0, 0.1) is 0 Å². The van der Waals surface area contributed by atoms with Crippen molar-refractivity contribution in [2.75, 3.05) is 0 Å². The molecule has 0 aromatic carbocycles. The van der Waals surface area contributed by atoms with Crippen LogP contribution < -0.4 is 0 Å². The third-order valence-corrected chi connectivity index (χ3v) is 0.533. The standard InChI is InChI=1S/CH2N12S/c1-2-3-4-5-6-7-8-9-10-11-12-13-14/h1H2/b4-3+,6-5+,8-7+,10-9+,12-11+. The Morgan fingerprint density at radius 3 is 1.29 bits per heavy atom. The molecular formula is CH2N12S. The Hall–Kier alpha value is -2.31. The Balaban J connectivity index is 3.72. The van der Waals surface area contributed by atoms with Crippen molar-refractivity contribution in [1.29, 1.82) is 0 Å². The van der Waals surface area contributed by atoms with E-state index in [1.807, 2.05) is 0 Å². The van der Waals surface area contributed by atoms with Crippen molar-refractivity contribution in [1.82, 2.24) is 0 Å². The first-order valence-electron chi connectivity index (χ1n) is 2.70. The highest BCUT2D eigenvalue weighted by molar-refractivity contribution is 7.47. The summed E-state index contributed by atoms with van der Waals surface area (Å²) in [6.45, 7) is 3.00. The van der Waals surface area contributed by atoms with Gasteiger partial charge in [0.15, 0.2) is 0 Å². The monoisotopic (exact) mass is 214 g/mol. The third kappa shape index (κ3) is 9.69. The molecule has 0 bridgehead atoms. The molecule has 0 aromatic rings. The maximum Gasteiger partial charge on any atom is 0.0671 e. The van der Waals surface area contributed by atoms with Crippen LogP contribution in [0.4, 0.5) is 0 Å². The summed E-state index contributed by atoms with van der Waals surface area (Å²) in [6, 6.07) is 0. The molecule has 0 saturated heterocycles. The predicted octanol–water partition coefficient (Wildman–Crippen LogP) is 2.17. The first-order chi connectivity index (χ1) is 6.91. The van der Waals surface area contributed by atoms with Gasteiger partial charge in [0.1, 0.15) is 0 Å². The molecule has 0 radical (unpaired) electrons. The van der Waals surface area contributed by atoms with E-state index in [1.54, 1.807) is 0 Å². The van der Waals surface area contributed by atoms with Crippen molar-refractivity contribution in [2.24, 2.45) is 61.8 Å². The molecule has 0 N–H and O–H groups in total. The number of nitrogens with zero attached hydrogens (tertiary/aromatic N) is 12. The SMILES string of the molecule is C=N/N=N/N=N/N=N/N=N/N=N/N=S. The zero-order valence-electron chi connectivity index (χ0n) is 6.48. The lowest BCUT2D eigenvalue weighted by molar-refractivity contribution is 0.766. The summed E-state index contributed by atoms with van der Waals surface area (Å²) in [4.78, 5) is 0. The van der Waals surface area contributed by atoms with Gasteiger partial charge in [-0.2, -0.15) is 0 Å². The van der Waals surface area contributed by atoms with E-state index in [2.05, 4.69) is 80.9 Å². The molecule has 0 fully saturated rings. The van der Waals surface area contributed by atoms with Crippen LogP contribution >= 0.6 is 0 Å². The van der Waals surface area contributed by atoms with E-state index >= 15 is 0 Å². The van der Waals surface area contributed by atoms with Gasteiger partial charge in [-0.25, -0.2) is 0 Å². The van der Waals surface area contributed by atoms with Crippen molar-refractivity contribution in [3.63, 3.8) is 0 Å². The molecule has 13 heteroatoms. The summed E-state index contributed by atoms with van der Waals surface area (Å²) in [5.74, 6) is 0. The first kappa shape index (κ1) is 11.7. The van der Waals surface area contributed by atoms with Gasteiger partial charge in [0, 0.05) is 6.72 Å². The molecule has 0 saturated carbocycles. The Morgan fingerprint density at radius 2 is 0.929 bits per heavy atom. The van der Waals surface area contributed by atoms with Crippen molar-refractivity contribution >= 4 is 19.1 Å². The van der Waals surface area contributed by atoms with Crippen LogP contribution in [0.1, 0.15) is 0 Å². The van der Waals surface area contributed by atoms with E-state index in [9.17, 15) is 0 Å². The molecule has 0 heterocycles. The minimum absolute atomic E-state index is 2.83. The highest BCUT2D eigenvalue weighted by Crippen LogP contribution is 1.86. The molecule has 14 heavy (non-hydrogen) atoms. The molecule has 72 valence electrons. The quantitative estimate of drug-likeness (QED) is 0.371. The average Bonchev–Trinajstić information content (AvgIpc) is 2.21. The van der Waals surface area contributed by atoms with Crippen molar-refractivity contribution in [2.45, 2.75) is 0 Å². The summed E-state index contributed by atoms with van der Waals surface area (Å²) < 4.78 is 2.83. The molecule has 0 aliphatic rings. The summed E-state index contributed by atoms with van der Waals surface area (Å²) in [5.41, 5.74) is 0. The van der Waals surface area contributed by atoms with Crippen molar-refractivity contribution in [3.05, 3.63) is 0 Å². The Kier molecular flexibility index (Phi) is 8.93. The molecule has 0 amide bonds. The van der Waals surface area contributed by atoms with Crippen LogP contribution in [0.3, 0.4) is 0 Å². The molecule has 12 nitrogen and oxygen atoms in total. The highest BCUT2D eigenvalue weighted by atomic mass is 32.1. The maximum absolute atomic E-state index is 4.05. The van der Waals surface area contributed by atoms with Crippen molar-refractivity contribution < 1.29 is 0 Å². The first-order valence-corrected chi connectivity index (χ1v) is 3.06. The fraction of sp³-hybridized carbons (Fsp3) is 0. The van der Waals surface area contributed by atoms with E-state index in [0.29, 0.717) is 0 Å². The predicted molar refractivity (Wildman–Crippen MR) is 43.6 cm³/mol. The minimum atomic E-state index is 2.83. The fourth-order valence-corrected chi connectivity index (χ4v) is 0.220. The van der Waals surface area contributed by atoms with Crippen LogP contribution in [-0.2, 0) is 12.4 Å². The van der Waals surface area contributed by atoms with Crippen LogP contribution in [0.5, 0.6) is 0 Å². The Morgan fingerprint density at radius 1 is 0.571 bits per heavy atom. The van der Waals surface area contributed by atoms with Gasteiger partial charge in [-0.05, 0) is 52.2 Å². The number of hydrogen-bond donors (Lipinski definition) is 0. The van der Waals surface area contributed by atoms with Crippen LogP contribution in [-0.4, -0.2) is 6.72 Å². The number of rotatable bonds is 6. The molecule has 0 atom stereocenters. The van der Waals surface area contributed by atoms with E-state index in [4.69, 9.17) is 0 Å². The van der Waals surface area contributed by atoms with Crippen LogP contribution in [0.25, 0.3) is 0 Å². The zero-order valence-corrected chi connectivity index (χ0v) is 7.30. The second-order valence-electron chi connectivity index (χ2n) is 1.12. The average molecular weight is 214 g/mol. The molecule has 0 aromatic heterocycles. The van der Waals surface area contributed by atoms with Crippen LogP contribution in [0.2, 0.25) is 0 Å². The van der Waals surface area contributed by atoms with Crippen molar-refractivity contribution in [3.8, 4) is 0 Å². The van der Waals surface area contributed by atoms with Gasteiger partial charge in [0.05, 0.1) is 12.4 Å². The Labute approximate surface area is 81.8 Å². The molecular weight excluding hydrogens is 212 g/mol. The normalized spacial score (nSPS) is 12.9. The van der Waals surface area contributed by atoms with E-state index in [1.165, 1.54) is 0 Å². The number of hydrogen-bond acceptors (Lipinski definition) is 2. The largest absolute Gasteiger partial charge is 0.145 e. The van der Waals surface area contributed by atoms with Gasteiger partial charge in [-0.1, -0.05) is 4.47 Å². The molecule has 0 rings (SSSR count). The molecule has 0 aliphatic carbocycles. The molecule has 0 unspecified atom stereocenters. The lowest BCUT2D eigenvalue weighted by Gasteiger charge is -1.68. The summed E-state index contributed by atoms with van der Waals surface area (Å²) in [6.07, 6.45) is 0. The van der Waals surface area contributed by atoms with Gasteiger partial charge in [-0.3, -0.25) is 0 Å².